The van der Waals surface area contributed by atoms with Crippen molar-refractivity contribution in [1.29, 1.82) is 0 Å². The van der Waals surface area contributed by atoms with Gasteiger partial charge in [-0.15, -0.1) is 0 Å². The molecule has 0 aliphatic heterocycles. The van der Waals surface area contributed by atoms with Gasteiger partial charge in [0, 0.05) is 24.0 Å². The first-order valence-electron chi connectivity index (χ1n) is 14.5. The fraction of sp³-hybridized carbons (Fsp3) is 0.257. The molecule has 4 aromatic rings. The van der Waals surface area contributed by atoms with Crippen molar-refractivity contribution in [2.45, 2.75) is 57.6 Å². The van der Waals surface area contributed by atoms with Crippen LogP contribution in [0.2, 0.25) is 5.02 Å². The van der Waals surface area contributed by atoms with Crippen LogP contribution in [-0.2, 0) is 32.6 Å². The van der Waals surface area contributed by atoms with Crippen LogP contribution in [0.3, 0.4) is 0 Å². The molecule has 0 aromatic heterocycles. The van der Waals surface area contributed by atoms with Crippen LogP contribution >= 0.6 is 11.6 Å². The topological polar surface area (TPSA) is 86.8 Å². The molecule has 4 rings (SSSR count). The van der Waals surface area contributed by atoms with Crippen LogP contribution in [0.25, 0.3) is 0 Å². The van der Waals surface area contributed by atoms with Crippen molar-refractivity contribution in [1.82, 2.24) is 10.2 Å². The summed E-state index contributed by atoms with van der Waals surface area (Å²) in [5, 5.41) is 3.34. The number of sulfonamides is 1. The van der Waals surface area contributed by atoms with Gasteiger partial charge < -0.3 is 10.2 Å². The van der Waals surface area contributed by atoms with Crippen LogP contribution in [0.1, 0.15) is 36.1 Å². The molecule has 230 valence electrons. The van der Waals surface area contributed by atoms with E-state index in [1.807, 2.05) is 81.4 Å². The first kappa shape index (κ1) is 32.8. The molecule has 7 nitrogen and oxygen atoms in total. The second-order valence-electron chi connectivity index (χ2n) is 11.1. The lowest BCUT2D eigenvalue weighted by molar-refractivity contribution is -0.140. The van der Waals surface area contributed by atoms with E-state index in [0.29, 0.717) is 10.6 Å². The Bertz CT molecular complexity index is 1680. The Morgan fingerprint density at radius 3 is 1.98 bits per heavy atom. The average molecular weight is 632 g/mol. The van der Waals surface area contributed by atoms with Crippen molar-refractivity contribution in [2.24, 2.45) is 0 Å². The van der Waals surface area contributed by atoms with Gasteiger partial charge in [0.2, 0.25) is 11.8 Å². The summed E-state index contributed by atoms with van der Waals surface area (Å²) in [5.41, 5.74) is 3.39. The molecule has 0 heterocycles. The Kier molecular flexibility index (Phi) is 10.8. The van der Waals surface area contributed by atoms with Crippen molar-refractivity contribution in [3.8, 4) is 0 Å². The lowest BCUT2D eigenvalue weighted by Gasteiger charge is -2.34. The zero-order valence-electron chi connectivity index (χ0n) is 25.4. The van der Waals surface area contributed by atoms with E-state index in [1.165, 1.54) is 17.0 Å². The maximum atomic E-state index is 14.5. The molecule has 0 radical (unpaired) electrons. The number of anilines is 1. The van der Waals surface area contributed by atoms with E-state index < -0.39 is 28.5 Å². The van der Waals surface area contributed by atoms with Crippen LogP contribution in [-0.4, -0.2) is 43.8 Å². The summed E-state index contributed by atoms with van der Waals surface area (Å²) in [6.45, 7) is 6.88. The second-order valence-corrected chi connectivity index (χ2v) is 13.4. The largest absolute Gasteiger partial charge is 0.352 e. The number of carbonyl (C=O) groups excluding carboxylic acids is 2. The molecule has 1 N–H and O–H groups in total. The minimum absolute atomic E-state index is 0.0447. The lowest BCUT2D eigenvalue weighted by Crippen LogP contribution is -2.54. The van der Waals surface area contributed by atoms with Crippen LogP contribution in [0.15, 0.2) is 108 Å². The highest BCUT2D eigenvalue weighted by atomic mass is 35.5. The smallest absolute Gasteiger partial charge is 0.264 e. The number of halogens is 1. The van der Waals surface area contributed by atoms with Gasteiger partial charge in [-0.25, -0.2) is 8.42 Å². The molecular formula is C35H38ClN3O4S. The van der Waals surface area contributed by atoms with Gasteiger partial charge in [-0.2, -0.15) is 0 Å². The number of benzene rings is 4. The summed E-state index contributed by atoms with van der Waals surface area (Å²) in [6, 6.07) is 29.2. The van der Waals surface area contributed by atoms with Crippen LogP contribution < -0.4 is 9.62 Å². The molecule has 44 heavy (non-hydrogen) atoms. The number of nitrogens with zero attached hydrogens (tertiary/aromatic N) is 2. The number of nitrogens with one attached hydrogen (secondary N) is 1. The molecule has 0 bridgehead atoms. The molecule has 2 amide bonds. The first-order chi connectivity index (χ1) is 21.0. The van der Waals surface area contributed by atoms with E-state index >= 15 is 0 Å². The van der Waals surface area contributed by atoms with E-state index in [9.17, 15) is 18.0 Å². The van der Waals surface area contributed by atoms with Gasteiger partial charge >= 0.3 is 0 Å². The van der Waals surface area contributed by atoms with Crippen molar-refractivity contribution in [3.63, 3.8) is 0 Å². The van der Waals surface area contributed by atoms with Gasteiger partial charge in [0.05, 0.1) is 10.6 Å². The minimum Gasteiger partial charge on any atom is -0.352 e. The van der Waals surface area contributed by atoms with Crippen LogP contribution in [0.4, 0.5) is 5.69 Å². The molecule has 0 spiro atoms. The van der Waals surface area contributed by atoms with Crippen molar-refractivity contribution >= 4 is 39.1 Å². The third kappa shape index (κ3) is 8.07. The number of carbonyl (C=O) groups is 2. The van der Waals surface area contributed by atoms with Crippen molar-refractivity contribution in [2.75, 3.05) is 10.8 Å². The summed E-state index contributed by atoms with van der Waals surface area (Å²) < 4.78 is 29.5. The van der Waals surface area contributed by atoms with Crippen LogP contribution in [0.5, 0.6) is 0 Å². The molecule has 0 aliphatic rings. The fourth-order valence-electron chi connectivity index (χ4n) is 4.93. The Balaban J connectivity index is 1.82. The molecule has 9 heteroatoms. The van der Waals surface area contributed by atoms with E-state index in [0.717, 1.165) is 21.0 Å². The van der Waals surface area contributed by atoms with E-state index in [-0.39, 0.29) is 35.5 Å². The summed E-state index contributed by atoms with van der Waals surface area (Å²) in [7, 11) is -4.21. The van der Waals surface area contributed by atoms with Gasteiger partial charge in [0.15, 0.2) is 0 Å². The molecule has 0 fully saturated rings. The Labute approximate surface area is 265 Å². The fourth-order valence-corrected chi connectivity index (χ4v) is 6.57. The highest BCUT2D eigenvalue weighted by Gasteiger charge is 2.35. The SMILES string of the molecule is Cc1ccc(S(=O)(=O)N(CC(=O)N(Cc2ccccc2)[C@H](Cc2ccccc2)C(=O)NC(C)C)c2cccc(Cl)c2C)cc1. The van der Waals surface area contributed by atoms with Gasteiger partial charge in [0.25, 0.3) is 10.0 Å². The summed E-state index contributed by atoms with van der Waals surface area (Å²) >= 11 is 6.44. The molecule has 0 saturated carbocycles. The predicted octanol–water partition coefficient (Wildman–Crippen LogP) is 6.32. The van der Waals surface area contributed by atoms with E-state index in [2.05, 4.69) is 5.32 Å². The number of aryl methyl sites for hydroxylation is 1. The highest BCUT2D eigenvalue weighted by Crippen LogP contribution is 2.31. The summed E-state index contributed by atoms with van der Waals surface area (Å²) in [6.07, 6.45) is 0.249. The van der Waals surface area contributed by atoms with Gasteiger partial charge in [-0.05, 0) is 68.7 Å². The summed E-state index contributed by atoms with van der Waals surface area (Å²) in [4.78, 5) is 29.8. The zero-order chi connectivity index (χ0) is 31.9. The molecule has 1 atom stereocenters. The number of hydrogen-bond acceptors (Lipinski definition) is 4. The molecule has 0 saturated heterocycles. The Morgan fingerprint density at radius 1 is 0.795 bits per heavy atom. The standard InChI is InChI=1S/C35H38ClN3O4S/c1-25(2)37-35(41)33(22-28-12-7-5-8-13-28)38(23-29-14-9-6-10-15-29)34(40)24-39(32-17-11-16-31(36)27(32)4)44(42,43)30-20-18-26(3)19-21-30/h5-21,25,33H,22-24H2,1-4H3,(H,37,41)/t33-/m1/s1. The zero-order valence-corrected chi connectivity index (χ0v) is 27.0. The first-order valence-corrected chi connectivity index (χ1v) is 16.3. The monoisotopic (exact) mass is 631 g/mol. The predicted molar refractivity (Wildman–Crippen MR) is 176 cm³/mol. The molecule has 4 aromatic carbocycles. The molecular weight excluding hydrogens is 594 g/mol. The maximum Gasteiger partial charge on any atom is 0.264 e. The third-order valence-corrected chi connectivity index (χ3v) is 9.48. The second kappa shape index (κ2) is 14.6. The normalized spacial score (nSPS) is 12.0. The number of hydrogen-bond donors (Lipinski definition) is 1. The van der Waals surface area contributed by atoms with Gasteiger partial charge in [-0.1, -0.05) is 96.0 Å². The minimum atomic E-state index is -4.21. The molecule has 0 unspecified atom stereocenters. The quantitative estimate of drug-likeness (QED) is 0.198. The highest BCUT2D eigenvalue weighted by molar-refractivity contribution is 7.92. The molecule has 0 aliphatic carbocycles. The summed E-state index contributed by atoms with van der Waals surface area (Å²) in [5.74, 6) is -0.844. The van der Waals surface area contributed by atoms with E-state index in [1.54, 1.807) is 37.3 Å². The van der Waals surface area contributed by atoms with Crippen LogP contribution in [0, 0.1) is 13.8 Å². The maximum absolute atomic E-state index is 14.5. The Hall–Kier alpha value is -4.14. The van der Waals surface area contributed by atoms with Crippen molar-refractivity contribution in [3.05, 3.63) is 130 Å². The van der Waals surface area contributed by atoms with E-state index in [4.69, 9.17) is 11.6 Å². The van der Waals surface area contributed by atoms with Crippen molar-refractivity contribution < 1.29 is 18.0 Å². The lowest BCUT2D eigenvalue weighted by atomic mass is 10.0. The van der Waals surface area contributed by atoms with Gasteiger partial charge in [0.1, 0.15) is 12.6 Å². The van der Waals surface area contributed by atoms with Gasteiger partial charge in [-0.3, -0.25) is 13.9 Å². The number of rotatable bonds is 12. The number of amides is 2. The third-order valence-electron chi connectivity index (χ3n) is 7.29. The average Bonchev–Trinajstić information content (AvgIpc) is 3.00. The Morgan fingerprint density at radius 2 is 1.39 bits per heavy atom.